The van der Waals surface area contributed by atoms with E-state index in [1.54, 1.807) is 0 Å². The Bertz CT molecular complexity index is 598. The third kappa shape index (κ3) is 1.45. The lowest BCUT2D eigenvalue weighted by Crippen LogP contribution is -2.63. The average Bonchev–Trinajstić information content (AvgIpc) is 3.14. The fourth-order valence-corrected chi connectivity index (χ4v) is 8.28. The van der Waals surface area contributed by atoms with E-state index >= 15 is 0 Å². The second-order valence-corrected chi connectivity index (χ2v) is 10.4. The van der Waals surface area contributed by atoms with Crippen LogP contribution in [0, 0.1) is 34.0 Å². The summed E-state index contributed by atoms with van der Waals surface area (Å²) >= 11 is 0. The average molecular weight is 318 g/mol. The minimum Gasteiger partial charge on any atom is -0.385 e. The Kier molecular flexibility index (Phi) is 2.51. The summed E-state index contributed by atoms with van der Waals surface area (Å²) in [7, 11) is 0. The number of ketones is 1. The van der Waals surface area contributed by atoms with Crippen LogP contribution in [0.4, 0.5) is 0 Å². The van der Waals surface area contributed by atoms with Gasteiger partial charge in [-0.1, -0.05) is 20.8 Å². The molecule has 5 aliphatic rings. The molecule has 0 unspecified atom stereocenters. The Morgan fingerprint density at radius 1 is 1.09 bits per heavy atom. The highest BCUT2D eigenvalue weighted by atomic mass is 16.6. The van der Waals surface area contributed by atoms with Gasteiger partial charge in [-0.15, -0.1) is 0 Å². The number of carbonyl (C=O) groups is 1. The third-order valence-electron chi connectivity index (χ3n) is 9.25. The molecule has 0 aromatic carbocycles. The maximum absolute atomic E-state index is 12.6. The zero-order valence-electron chi connectivity index (χ0n) is 14.9. The minimum absolute atomic E-state index is 0.0419. The first-order valence-corrected chi connectivity index (χ1v) is 9.55. The molecule has 3 heteroatoms. The van der Waals surface area contributed by atoms with Gasteiger partial charge in [0, 0.05) is 17.3 Å². The van der Waals surface area contributed by atoms with Crippen molar-refractivity contribution in [1.82, 2.24) is 0 Å². The summed E-state index contributed by atoms with van der Waals surface area (Å²) < 4.78 is 6.26. The molecule has 5 rings (SSSR count). The molecule has 1 N–H and O–H groups in total. The molecule has 5 fully saturated rings. The van der Waals surface area contributed by atoms with Gasteiger partial charge in [-0.3, -0.25) is 4.79 Å². The van der Waals surface area contributed by atoms with Crippen molar-refractivity contribution in [3.05, 3.63) is 0 Å². The second-order valence-electron chi connectivity index (χ2n) is 10.4. The van der Waals surface area contributed by atoms with E-state index < -0.39 is 6.10 Å². The Hall–Kier alpha value is -0.410. The molecule has 0 radical (unpaired) electrons. The Morgan fingerprint density at radius 3 is 2.57 bits per heavy atom. The number of Topliss-reactive ketones (excluding diaryl/α,β-unsaturated/α-hetero) is 1. The van der Waals surface area contributed by atoms with Gasteiger partial charge in [0.15, 0.2) is 5.78 Å². The summed E-state index contributed by atoms with van der Waals surface area (Å²) in [6.07, 6.45) is 6.45. The lowest BCUT2D eigenvalue weighted by molar-refractivity contribution is -0.193. The van der Waals surface area contributed by atoms with Crippen LogP contribution in [0.1, 0.15) is 66.2 Å². The van der Waals surface area contributed by atoms with Gasteiger partial charge in [0.2, 0.25) is 0 Å². The second kappa shape index (κ2) is 3.88. The number of fused-ring (bicyclic) bond motifs is 5. The van der Waals surface area contributed by atoms with Crippen LogP contribution >= 0.6 is 0 Å². The highest BCUT2D eigenvalue weighted by Gasteiger charge is 2.79. The summed E-state index contributed by atoms with van der Waals surface area (Å²) in [4.78, 5) is 12.6. The molecule has 23 heavy (non-hydrogen) atoms. The normalized spacial score (nSPS) is 62.3. The topological polar surface area (TPSA) is 49.8 Å². The van der Waals surface area contributed by atoms with Gasteiger partial charge in [-0.05, 0) is 62.2 Å². The molecular weight excluding hydrogens is 288 g/mol. The maximum Gasteiger partial charge on any atom is 0.162 e. The van der Waals surface area contributed by atoms with Crippen molar-refractivity contribution >= 4 is 5.78 Å². The van der Waals surface area contributed by atoms with E-state index in [1.165, 1.54) is 25.7 Å². The highest BCUT2D eigenvalue weighted by Crippen LogP contribution is 2.77. The molecule has 1 aliphatic heterocycles. The maximum atomic E-state index is 12.6. The first-order chi connectivity index (χ1) is 10.7. The van der Waals surface area contributed by atoms with Crippen LogP contribution in [0.2, 0.25) is 0 Å². The zero-order valence-corrected chi connectivity index (χ0v) is 14.9. The molecule has 0 amide bonds. The Morgan fingerprint density at radius 2 is 1.83 bits per heavy atom. The SMILES string of the molecule is CC1(C)[C@H](O)C(=O)C[C@]2(C)[C@@H]1CC[C@@]13C[C@@H](CC[C@@H]21)[C@]1(C)O[C@H]31. The van der Waals surface area contributed by atoms with E-state index in [4.69, 9.17) is 4.74 Å². The molecule has 128 valence electrons. The van der Waals surface area contributed by atoms with Crippen molar-refractivity contribution in [2.75, 3.05) is 0 Å². The summed E-state index contributed by atoms with van der Waals surface area (Å²) in [5.74, 6) is 1.85. The number of hydrogen-bond donors (Lipinski definition) is 1. The largest absolute Gasteiger partial charge is 0.385 e. The minimum atomic E-state index is -0.781. The van der Waals surface area contributed by atoms with Crippen LogP contribution in [0.15, 0.2) is 0 Å². The van der Waals surface area contributed by atoms with Gasteiger partial charge < -0.3 is 9.84 Å². The molecule has 4 aliphatic carbocycles. The van der Waals surface area contributed by atoms with Crippen LogP contribution in [0.3, 0.4) is 0 Å². The van der Waals surface area contributed by atoms with Crippen LogP contribution in [-0.4, -0.2) is 28.7 Å². The van der Waals surface area contributed by atoms with Crippen LogP contribution in [0.5, 0.6) is 0 Å². The van der Waals surface area contributed by atoms with Crippen LogP contribution in [-0.2, 0) is 9.53 Å². The van der Waals surface area contributed by atoms with E-state index in [1.807, 2.05) is 0 Å². The molecule has 2 bridgehead atoms. The molecule has 1 saturated heterocycles. The van der Waals surface area contributed by atoms with E-state index in [-0.39, 0.29) is 22.2 Å². The van der Waals surface area contributed by atoms with E-state index in [0.717, 1.165) is 12.3 Å². The number of carbonyl (C=O) groups excluding carboxylic acids is 1. The molecule has 0 aromatic rings. The summed E-state index contributed by atoms with van der Waals surface area (Å²) in [6, 6.07) is 0. The molecule has 0 aromatic heterocycles. The van der Waals surface area contributed by atoms with Crippen molar-refractivity contribution in [3.8, 4) is 0 Å². The molecule has 4 saturated carbocycles. The molecule has 1 spiro atoms. The predicted molar refractivity (Wildman–Crippen MR) is 86.8 cm³/mol. The van der Waals surface area contributed by atoms with Gasteiger partial charge in [-0.25, -0.2) is 0 Å². The van der Waals surface area contributed by atoms with E-state index in [0.29, 0.717) is 29.8 Å². The van der Waals surface area contributed by atoms with Crippen LogP contribution in [0.25, 0.3) is 0 Å². The summed E-state index contributed by atoms with van der Waals surface area (Å²) in [6.45, 7) is 8.93. The quantitative estimate of drug-likeness (QED) is 0.697. The lowest BCUT2D eigenvalue weighted by Gasteiger charge is -2.64. The van der Waals surface area contributed by atoms with Crippen molar-refractivity contribution < 1.29 is 14.6 Å². The number of aliphatic hydroxyl groups excluding tert-OH is 1. The monoisotopic (exact) mass is 318 g/mol. The molecular formula is C20H30O3. The lowest BCUT2D eigenvalue weighted by atomic mass is 9.40. The first-order valence-electron chi connectivity index (χ1n) is 9.55. The van der Waals surface area contributed by atoms with Crippen molar-refractivity contribution in [3.63, 3.8) is 0 Å². The van der Waals surface area contributed by atoms with Crippen molar-refractivity contribution in [1.29, 1.82) is 0 Å². The molecule has 8 atom stereocenters. The Labute approximate surface area is 139 Å². The zero-order chi connectivity index (χ0) is 16.4. The fourth-order valence-electron chi connectivity index (χ4n) is 8.28. The first kappa shape index (κ1) is 14.9. The number of hydrogen-bond acceptors (Lipinski definition) is 3. The standard InChI is InChI=1S/C20H30O3/c1-17(2)13-7-8-20-9-11(19(4)16(20)23-19)5-6-14(20)18(13,3)10-12(21)15(17)22/h11,13-16,22H,5-10H2,1-4H3/t11-,13-,14+,15-,16+,18-,19+,20-/m1/s1. The predicted octanol–water partition coefficient (Wildman–Crippen LogP) is 3.34. The highest BCUT2D eigenvalue weighted by molar-refractivity contribution is 5.85. The smallest absolute Gasteiger partial charge is 0.162 e. The van der Waals surface area contributed by atoms with Crippen molar-refractivity contribution in [2.45, 2.75) is 84.0 Å². The third-order valence-corrected chi connectivity index (χ3v) is 9.25. The number of epoxide rings is 1. The molecule has 1 heterocycles. The van der Waals surface area contributed by atoms with Crippen LogP contribution < -0.4 is 0 Å². The van der Waals surface area contributed by atoms with Crippen molar-refractivity contribution in [2.24, 2.45) is 34.0 Å². The van der Waals surface area contributed by atoms with Gasteiger partial charge in [0.25, 0.3) is 0 Å². The van der Waals surface area contributed by atoms with Gasteiger partial charge >= 0.3 is 0 Å². The number of rotatable bonds is 0. The Balaban J connectivity index is 1.60. The summed E-state index contributed by atoms with van der Waals surface area (Å²) in [5, 5.41) is 10.5. The number of aliphatic hydroxyl groups is 1. The molecule has 3 nitrogen and oxygen atoms in total. The van der Waals surface area contributed by atoms with E-state index in [2.05, 4.69) is 27.7 Å². The van der Waals surface area contributed by atoms with Gasteiger partial charge in [0.1, 0.15) is 6.10 Å². The number of ether oxygens (including phenoxy) is 1. The van der Waals surface area contributed by atoms with Gasteiger partial charge in [0.05, 0.1) is 11.7 Å². The van der Waals surface area contributed by atoms with Gasteiger partial charge in [-0.2, -0.15) is 0 Å². The fraction of sp³-hybridized carbons (Fsp3) is 0.950. The van der Waals surface area contributed by atoms with E-state index in [9.17, 15) is 9.90 Å². The summed E-state index contributed by atoms with van der Waals surface area (Å²) in [5.41, 5.74) is 0.211.